The van der Waals surface area contributed by atoms with Crippen LogP contribution in [0.3, 0.4) is 0 Å². The van der Waals surface area contributed by atoms with Gasteiger partial charge in [-0.15, -0.1) is 6.58 Å². The van der Waals surface area contributed by atoms with E-state index in [2.05, 4.69) is 6.58 Å². The third-order valence-corrected chi connectivity index (χ3v) is 5.95. The molecule has 176 valence electrons. The van der Waals surface area contributed by atoms with Gasteiger partial charge in [-0.1, -0.05) is 18.2 Å². The van der Waals surface area contributed by atoms with Gasteiger partial charge in [-0.05, 0) is 51.1 Å². The van der Waals surface area contributed by atoms with Gasteiger partial charge >= 0.3 is 0 Å². The van der Waals surface area contributed by atoms with Crippen molar-refractivity contribution < 1.29 is 28.7 Å². The zero-order valence-electron chi connectivity index (χ0n) is 19.4. The Kier molecular flexibility index (Phi) is 6.10. The number of Topliss-reactive ketones (excluding diaryl/α,β-unsaturated/α-hetero) is 1. The van der Waals surface area contributed by atoms with Crippen molar-refractivity contribution in [1.29, 1.82) is 0 Å². The van der Waals surface area contributed by atoms with Crippen molar-refractivity contribution in [2.75, 3.05) is 24.7 Å². The molecule has 1 atom stereocenters. The number of hydrogen-bond donors (Lipinski definition) is 0. The van der Waals surface area contributed by atoms with E-state index in [0.29, 0.717) is 34.7 Å². The summed E-state index contributed by atoms with van der Waals surface area (Å²) < 4.78 is 11.3. The minimum absolute atomic E-state index is 0.0273. The monoisotopic (exact) mass is 462 g/mol. The Morgan fingerprint density at radius 2 is 1.79 bits per heavy atom. The van der Waals surface area contributed by atoms with Gasteiger partial charge in [0.05, 0.1) is 29.0 Å². The molecule has 3 amide bonds. The second kappa shape index (κ2) is 8.87. The average Bonchev–Trinajstić information content (AvgIpc) is 3.09. The molecule has 0 aromatic heterocycles. The average molecular weight is 463 g/mol. The van der Waals surface area contributed by atoms with Gasteiger partial charge in [-0.2, -0.15) is 0 Å². The maximum absolute atomic E-state index is 13.1. The quantitative estimate of drug-likeness (QED) is 0.340. The fourth-order valence-corrected chi connectivity index (χ4v) is 4.13. The molecule has 0 spiro atoms. The lowest BCUT2D eigenvalue weighted by Crippen LogP contribution is -2.51. The van der Waals surface area contributed by atoms with Crippen molar-refractivity contribution in [3.63, 3.8) is 0 Å². The SMILES string of the molecule is C=CCN1C(=O)COc2ccc(C(=O)C(C)OCC(C)(C)N3C(=O)c4ccccc4C3=O)cc21. The second-order valence-electron chi connectivity index (χ2n) is 8.89. The van der Waals surface area contributed by atoms with Crippen molar-refractivity contribution >= 4 is 29.2 Å². The molecule has 34 heavy (non-hydrogen) atoms. The zero-order valence-corrected chi connectivity index (χ0v) is 19.4. The van der Waals surface area contributed by atoms with Gasteiger partial charge in [0.25, 0.3) is 17.7 Å². The number of ketones is 1. The molecule has 2 aromatic rings. The van der Waals surface area contributed by atoms with E-state index in [9.17, 15) is 19.2 Å². The highest BCUT2D eigenvalue weighted by molar-refractivity contribution is 6.21. The first-order chi connectivity index (χ1) is 16.2. The lowest BCUT2D eigenvalue weighted by atomic mass is 10.0. The van der Waals surface area contributed by atoms with E-state index in [4.69, 9.17) is 9.47 Å². The highest BCUT2D eigenvalue weighted by Gasteiger charge is 2.44. The van der Waals surface area contributed by atoms with E-state index in [1.54, 1.807) is 69.3 Å². The minimum atomic E-state index is -0.974. The van der Waals surface area contributed by atoms with Gasteiger partial charge in [-0.25, -0.2) is 0 Å². The van der Waals surface area contributed by atoms with Gasteiger partial charge in [0.15, 0.2) is 12.4 Å². The van der Waals surface area contributed by atoms with Crippen LogP contribution in [0.25, 0.3) is 0 Å². The molecule has 0 N–H and O–H groups in total. The standard InChI is InChI=1S/C26H26N2O6/c1-5-12-27-20-13-17(10-11-21(20)33-14-22(27)29)23(30)16(2)34-15-26(3,4)28-24(31)18-8-6-7-9-19(18)25(28)32/h5-11,13,16H,1,12,14-15H2,2-4H3. The molecule has 0 bridgehead atoms. The molecule has 0 radical (unpaired) electrons. The normalized spacial score (nSPS) is 16.1. The predicted octanol–water partition coefficient (Wildman–Crippen LogP) is 3.26. The lowest BCUT2D eigenvalue weighted by molar-refractivity contribution is -0.121. The largest absolute Gasteiger partial charge is 0.482 e. The summed E-state index contributed by atoms with van der Waals surface area (Å²) in [5.74, 6) is -0.760. The number of hydrogen-bond acceptors (Lipinski definition) is 6. The number of carbonyl (C=O) groups is 4. The molecule has 2 aliphatic rings. The Hall–Kier alpha value is -3.78. The van der Waals surface area contributed by atoms with E-state index >= 15 is 0 Å². The molecule has 2 heterocycles. The molecule has 2 aromatic carbocycles. The van der Waals surface area contributed by atoms with Gasteiger partial charge < -0.3 is 14.4 Å². The Bertz CT molecular complexity index is 1170. The van der Waals surface area contributed by atoms with Crippen LogP contribution in [0.5, 0.6) is 5.75 Å². The molecule has 4 rings (SSSR count). The van der Waals surface area contributed by atoms with E-state index in [0.717, 1.165) is 0 Å². The van der Waals surface area contributed by atoms with Crippen LogP contribution in [-0.4, -0.2) is 59.8 Å². The molecule has 1 unspecified atom stereocenters. The van der Waals surface area contributed by atoms with Crippen LogP contribution >= 0.6 is 0 Å². The van der Waals surface area contributed by atoms with Crippen LogP contribution in [0, 0.1) is 0 Å². The van der Waals surface area contributed by atoms with Crippen molar-refractivity contribution in [3.8, 4) is 5.75 Å². The van der Waals surface area contributed by atoms with Gasteiger partial charge in [0, 0.05) is 12.1 Å². The smallest absolute Gasteiger partial charge is 0.265 e. The van der Waals surface area contributed by atoms with Crippen LogP contribution in [0.4, 0.5) is 5.69 Å². The number of imide groups is 1. The van der Waals surface area contributed by atoms with Crippen molar-refractivity contribution in [2.45, 2.75) is 32.4 Å². The van der Waals surface area contributed by atoms with E-state index in [1.165, 1.54) is 9.80 Å². The number of rotatable bonds is 8. The highest BCUT2D eigenvalue weighted by Crippen LogP contribution is 2.34. The summed E-state index contributed by atoms with van der Waals surface area (Å²) in [4.78, 5) is 53.7. The topological polar surface area (TPSA) is 93.2 Å². The van der Waals surface area contributed by atoms with Crippen molar-refractivity contribution in [3.05, 3.63) is 71.8 Å². The Morgan fingerprint density at radius 1 is 1.15 bits per heavy atom. The number of fused-ring (bicyclic) bond motifs is 2. The number of nitrogens with zero attached hydrogens (tertiary/aromatic N) is 2. The van der Waals surface area contributed by atoms with Crippen LogP contribution in [-0.2, 0) is 9.53 Å². The van der Waals surface area contributed by atoms with Crippen LogP contribution in [0.2, 0.25) is 0 Å². The fraction of sp³-hybridized carbons (Fsp3) is 0.308. The first-order valence-corrected chi connectivity index (χ1v) is 11.0. The Labute approximate surface area is 197 Å². The van der Waals surface area contributed by atoms with Crippen molar-refractivity contribution in [1.82, 2.24) is 4.90 Å². The highest BCUT2D eigenvalue weighted by atomic mass is 16.5. The molecule has 0 saturated heterocycles. The third-order valence-electron chi connectivity index (χ3n) is 5.95. The van der Waals surface area contributed by atoms with Crippen LogP contribution < -0.4 is 9.64 Å². The summed E-state index contributed by atoms with van der Waals surface area (Å²) in [5, 5.41) is 0. The Balaban J connectivity index is 1.47. The third kappa shape index (κ3) is 4.01. The molecule has 0 aliphatic carbocycles. The number of anilines is 1. The summed E-state index contributed by atoms with van der Waals surface area (Å²) >= 11 is 0. The second-order valence-corrected chi connectivity index (χ2v) is 8.89. The summed E-state index contributed by atoms with van der Waals surface area (Å²) in [6, 6.07) is 11.6. The molecule has 8 heteroatoms. The van der Waals surface area contributed by atoms with Gasteiger partial charge in [0.2, 0.25) is 0 Å². The van der Waals surface area contributed by atoms with Crippen LogP contribution in [0.15, 0.2) is 55.1 Å². The Morgan fingerprint density at radius 3 is 2.41 bits per heavy atom. The maximum Gasteiger partial charge on any atom is 0.265 e. The number of ether oxygens (including phenoxy) is 2. The first kappa shape index (κ1) is 23.4. The maximum atomic E-state index is 13.1. The van der Waals surface area contributed by atoms with E-state index < -0.39 is 11.6 Å². The summed E-state index contributed by atoms with van der Waals surface area (Å²) in [6.07, 6.45) is 0.759. The molecule has 0 fully saturated rings. The summed E-state index contributed by atoms with van der Waals surface area (Å²) in [5.41, 5.74) is 0.607. The molecular formula is C26H26N2O6. The molecule has 0 saturated carbocycles. The minimum Gasteiger partial charge on any atom is -0.482 e. The number of amides is 3. The molecule has 2 aliphatic heterocycles. The van der Waals surface area contributed by atoms with Gasteiger partial charge in [0.1, 0.15) is 11.9 Å². The first-order valence-electron chi connectivity index (χ1n) is 11.0. The summed E-state index contributed by atoms with van der Waals surface area (Å²) in [7, 11) is 0. The van der Waals surface area contributed by atoms with Crippen molar-refractivity contribution in [2.24, 2.45) is 0 Å². The molecule has 8 nitrogen and oxygen atoms in total. The van der Waals surface area contributed by atoms with E-state index in [-0.39, 0.29) is 36.7 Å². The predicted molar refractivity (Wildman–Crippen MR) is 125 cm³/mol. The lowest BCUT2D eigenvalue weighted by Gasteiger charge is -2.34. The fourth-order valence-electron chi connectivity index (χ4n) is 4.13. The van der Waals surface area contributed by atoms with Gasteiger partial charge in [-0.3, -0.25) is 24.1 Å². The molecular weight excluding hydrogens is 436 g/mol. The number of carbonyl (C=O) groups excluding carboxylic acids is 4. The van der Waals surface area contributed by atoms with Crippen LogP contribution in [0.1, 0.15) is 51.8 Å². The summed E-state index contributed by atoms with van der Waals surface area (Å²) in [6.45, 7) is 8.94. The number of benzene rings is 2. The zero-order chi connectivity index (χ0) is 24.6. The van der Waals surface area contributed by atoms with E-state index in [1.807, 2.05) is 0 Å².